The Morgan fingerprint density at radius 3 is 1.21 bits per heavy atom. The van der Waals surface area contributed by atoms with Crippen LogP contribution in [0.2, 0.25) is 0 Å². The molecule has 1 heterocycles. The third kappa shape index (κ3) is 10.3. The van der Waals surface area contributed by atoms with Gasteiger partial charge >= 0.3 is 17.1 Å². The molecular formula is C32H41Cl2FeN3. The van der Waals surface area contributed by atoms with Gasteiger partial charge < -0.3 is 24.8 Å². The van der Waals surface area contributed by atoms with Crippen LogP contribution in [-0.2, 0) is 42.8 Å². The molecule has 0 bridgehead atoms. The van der Waals surface area contributed by atoms with Gasteiger partial charge in [0.2, 0.25) is 0 Å². The fourth-order valence-corrected chi connectivity index (χ4v) is 4.62. The molecule has 1 aromatic heterocycles. The molecule has 0 atom stereocenters. The minimum absolute atomic E-state index is 0. The van der Waals surface area contributed by atoms with Gasteiger partial charge in [-0.3, -0.25) is 9.98 Å². The summed E-state index contributed by atoms with van der Waals surface area (Å²) in [5.74, 6) is 0. The van der Waals surface area contributed by atoms with E-state index in [-0.39, 0.29) is 41.9 Å². The van der Waals surface area contributed by atoms with Crippen LogP contribution in [0.25, 0.3) is 0 Å². The molecule has 0 radical (unpaired) electrons. The van der Waals surface area contributed by atoms with Crippen molar-refractivity contribution in [3.8, 4) is 0 Å². The summed E-state index contributed by atoms with van der Waals surface area (Å²) in [5, 5.41) is 0. The van der Waals surface area contributed by atoms with Crippen molar-refractivity contribution in [2.75, 3.05) is 0 Å². The number of rotatable bonds is 12. The zero-order chi connectivity index (χ0) is 25.0. The van der Waals surface area contributed by atoms with Crippen LogP contribution in [0.3, 0.4) is 0 Å². The maximum Gasteiger partial charge on any atom is 2.00 e. The average molecular weight is 594 g/mol. The van der Waals surface area contributed by atoms with Gasteiger partial charge in [0.15, 0.2) is 0 Å². The Hall–Kier alpha value is -1.97. The molecule has 38 heavy (non-hydrogen) atoms. The van der Waals surface area contributed by atoms with Crippen molar-refractivity contribution in [1.82, 2.24) is 4.98 Å². The Balaban J connectivity index is 0.00000456. The molecule has 206 valence electrons. The maximum absolute atomic E-state index is 4.96. The number of para-hydroxylation sites is 2. The third-order valence-corrected chi connectivity index (χ3v) is 6.14. The number of aryl methyl sites for hydroxylation is 5. The van der Waals surface area contributed by atoms with Crippen LogP contribution >= 0.6 is 0 Å². The molecule has 3 rings (SSSR count). The monoisotopic (exact) mass is 593 g/mol. The molecule has 0 aliphatic carbocycles. The summed E-state index contributed by atoms with van der Waals surface area (Å²) < 4.78 is 0. The van der Waals surface area contributed by atoms with Gasteiger partial charge in [-0.15, -0.1) is 0 Å². The van der Waals surface area contributed by atoms with E-state index in [2.05, 4.69) is 83.1 Å². The number of nitrogens with zero attached hydrogens (tertiary/aromatic N) is 3. The Bertz CT molecular complexity index is 1040. The van der Waals surface area contributed by atoms with Gasteiger partial charge in [0.1, 0.15) is 0 Å². The summed E-state index contributed by atoms with van der Waals surface area (Å²) in [6.07, 6.45) is 12.5. The fourth-order valence-electron chi connectivity index (χ4n) is 4.62. The van der Waals surface area contributed by atoms with Gasteiger partial charge in [-0.25, -0.2) is 4.98 Å². The van der Waals surface area contributed by atoms with E-state index in [1.165, 1.54) is 22.3 Å². The van der Waals surface area contributed by atoms with Crippen molar-refractivity contribution in [2.45, 2.75) is 86.0 Å². The summed E-state index contributed by atoms with van der Waals surface area (Å²) in [6.45, 7) is 11.0. The molecule has 0 saturated heterocycles. The fraction of sp³-hybridized carbons (Fsp3) is 0.406. The van der Waals surface area contributed by atoms with Crippen LogP contribution in [0.1, 0.15) is 92.6 Å². The molecule has 2 aromatic carbocycles. The van der Waals surface area contributed by atoms with Gasteiger partial charge in [-0.2, -0.15) is 0 Å². The normalized spacial score (nSPS) is 10.8. The van der Waals surface area contributed by atoms with Gasteiger partial charge in [0.05, 0.1) is 35.2 Å². The van der Waals surface area contributed by atoms with Gasteiger partial charge in [-0.1, -0.05) is 89.8 Å². The molecule has 6 heteroatoms. The number of aliphatic imine (C=N–C) groups is 2. The van der Waals surface area contributed by atoms with E-state index < -0.39 is 0 Å². The molecule has 0 N–H and O–H groups in total. The second kappa shape index (κ2) is 19.1. The standard InChI is InChI=1S/C32H41N3.2ClH.Fe/c1-6-12-25-16-10-17-26(13-7-2)31(25)33-22-29-20-24(5)21-30(35-29)23-34-32-27(14-8-3)18-11-19-28(32)15-9-4;;;/h10-11,16-23H,6-9,12-15H2,1-5H3;2*1H;/q;;;+2/p-2. The van der Waals surface area contributed by atoms with Crippen LogP contribution in [0.4, 0.5) is 11.4 Å². The largest absolute Gasteiger partial charge is 2.00 e. The zero-order valence-corrected chi connectivity index (χ0v) is 26.0. The summed E-state index contributed by atoms with van der Waals surface area (Å²) in [6, 6.07) is 17.3. The van der Waals surface area contributed by atoms with Crippen molar-refractivity contribution >= 4 is 23.8 Å². The van der Waals surface area contributed by atoms with Crippen LogP contribution in [-0.4, -0.2) is 17.4 Å². The van der Waals surface area contributed by atoms with Crippen LogP contribution < -0.4 is 24.8 Å². The predicted octanol–water partition coefficient (Wildman–Crippen LogP) is 2.71. The smallest absolute Gasteiger partial charge is 1.00 e. The van der Waals surface area contributed by atoms with E-state index in [0.29, 0.717) is 0 Å². The first-order valence-electron chi connectivity index (χ1n) is 13.4. The molecule has 0 aliphatic rings. The predicted molar refractivity (Wildman–Crippen MR) is 152 cm³/mol. The Labute approximate surface area is 253 Å². The number of aromatic nitrogens is 1. The van der Waals surface area contributed by atoms with Gasteiger partial charge in [0.25, 0.3) is 0 Å². The van der Waals surface area contributed by atoms with Gasteiger partial charge in [0, 0.05) is 0 Å². The first-order valence-corrected chi connectivity index (χ1v) is 13.4. The molecule has 0 amide bonds. The molecule has 3 aromatic rings. The second-order valence-corrected chi connectivity index (χ2v) is 9.36. The van der Waals surface area contributed by atoms with Crippen LogP contribution in [0.5, 0.6) is 0 Å². The Morgan fingerprint density at radius 2 is 0.921 bits per heavy atom. The SMILES string of the molecule is CCCc1cccc(CCC)c1N=Cc1cc(C)cc(C=Nc2c(CCC)cccc2CCC)n1.[Cl-].[Cl-].[Fe+2]. The first-order chi connectivity index (χ1) is 17.1. The minimum Gasteiger partial charge on any atom is -1.00 e. The molecule has 0 saturated carbocycles. The van der Waals surface area contributed by atoms with Crippen molar-refractivity contribution < 1.29 is 41.9 Å². The molecule has 0 spiro atoms. The summed E-state index contributed by atoms with van der Waals surface area (Å²) >= 11 is 0. The third-order valence-electron chi connectivity index (χ3n) is 6.14. The maximum atomic E-state index is 4.96. The van der Waals surface area contributed by atoms with Crippen molar-refractivity contribution in [1.29, 1.82) is 0 Å². The second-order valence-electron chi connectivity index (χ2n) is 9.36. The van der Waals surface area contributed by atoms with E-state index in [9.17, 15) is 0 Å². The Morgan fingerprint density at radius 1 is 0.605 bits per heavy atom. The number of benzene rings is 2. The summed E-state index contributed by atoms with van der Waals surface area (Å²) in [5.41, 5.74) is 10.4. The quantitative estimate of drug-likeness (QED) is 0.235. The minimum atomic E-state index is 0. The van der Waals surface area contributed by atoms with E-state index >= 15 is 0 Å². The molecule has 0 aliphatic heterocycles. The van der Waals surface area contributed by atoms with Crippen LogP contribution in [0, 0.1) is 6.92 Å². The Kier molecular flexibility index (Phi) is 18.2. The number of hydrogen-bond donors (Lipinski definition) is 0. The molecule has 0 unspecified atom stereocenters. The summed E-state index contributed by atoms with van der Waals surface area (Å²) in [4.78, 5) is 14.8. The van der Waals surface area contributed by atoms with E-state index in [1.54, 1.807) is 0 Å². The van der Waals surface area contributed by atoms with Gasteiger partial charge in [-0.05, 0) is 72.6 Å². The van der Waals surface area contributed by atoms with E-state index in [0.717, 1.165) is 79.7 Å². The molecular weight excluding hydrogens is 553 g/mol. The van der Waals surface area contributed by atoms with Crippen LogP contribution in [0.15, 0.2) is 58.5 Å². The number of pyridine rings is 1. The first kappa shape index (κ1) is 36.0. The van der Waals surface area contributed by atoms with Crippen molar-refractivity contribution in [3.05, 3.63) is 87.7 Å². The number of hydrogen-bond acceptors (Lipinski definition) is 3. The zero-order valence-electron chi connectivity index (χ0n) is 23.4. The van der Waals surface area contributed by atoms with Crippen molar-refractivity contribution in [3.63, 3.8) is 0 Å². The van der Waals surface area contributed by atoms with Crippen molar-refractivity contribution in [2.24, 2.45) is 9.98 Å². The number of halogens is 2. The van der Waals surface area contributed by atoms with E-state index in [1.807, 2.05) is 12.4 Å². The summed E-state index contributed by atoms with van der Waals surface area (Å²) in [7, 11) is 0. The molecule has 0 fully saturated rings. The van der Waals surface area contributed by atoms with E-state index in [4.69, 9.17) is 15.0 Å². The topological polar surface area (TPSA) is 37.6 Å². The average Bonchev–Trinajstić information content (AvgIpc) is 2.84. The molecule has 3 nitrogen and oxygen atoms in total.